The molecule has 2 aromatic carbocycles. The molecular weight excluding hydrogens is 379 g/mol. The summed E-state index contributed by atoms with van der Waals surface area (Å²) in [5.74, 6) is 0.527. The molecule has 0 atom stereocenters. The molecule has 0 aliphatic carbocycles. The normalized spacial score (nSPS) is 14.8. The molecule has 128 valence electrons. The number of allylic oxidation sites excluding steroid dienone is 2. The first-order chi connectivity index (χ1) is 12.0. The third-order valence-corrected chi connectivity index (χ3v) is 5.43. The second kappa shape index (κ2) is 7.36. The molecule has 1 aliphatic heterocycles. The maximum atomic E-state index is 14.1. The molecule has 1 aliphatic rings. The van der Waals surface area contributed by atoms with Crippen LogP contribution in [0.3, 0.4) is 0 Å². The van der Waals surface area contributed by atoms with Crippen molar-refractivity contribution in [1.29, 1.82) is 0 Å². The van der Waals surface area contributed by atoms with Crippen molar-refractivity contribution in [2.45, 2.75) is 20.3 Å². The van der Waals surface area contributed by atoms with Gasteiger partial charge in [0.1, 0.15) is 11.7 Å². The van der Waals surface area contributed by atoms with E-state index < -0.39 is 0 Å². The minimum Gasteiger partial charge on any atom is -0.325 e. The van der Waals surface area contributed by atoms with Crippen LogP contribution in [-0.4, -0.2) is 17.3 Å². The van der Waals surface area contributed by atoms with Crippen LogP contribution in [0.1, 0.15) is 23.6 Å². The molecule has 2 aromatic rings. The molecule has 0 spiro atoms. The van der Waals surface area contributed by atoms with Crippen LogP contribution in [0.4, 0.5) is 4.39 Å². The van der Waals surface area contributed by atoms with Crippen molar-refractivity contribution in [3.05, 3.63) is 93.5 Å². The van der Waals surface area contributed by atoms with E-state index in [4.69, 9.17) is 4.99 Å². The lowest BCUT2D eigenvalue weighted by Gasteiger charge is -2.32. The Labute approximate surface area is 156 Å². The number of benzene rings is 2. The van der Waals surface area contributed by atoms with Crippen LogP contribution in [0.5, 0.6) is 0 Å². The summed E-state index contributed by atoms with van der Waals surface area (Å²) in [5, 5.41) is 0. The van der Waals surface area contributed by atoms with Gasteiger partial charge in [0.15, 0.2) is 0 Å². The third kappa shape index (κ3) is 3.59. The van der Waals surface area contributed by atoms with E-state index in [0.717, 1.165) is 40.2 Å². The SMILES string of the molecule is C=C1C(Br)=C(C)N=C(c2cccc(F)c2C)N1CCc1ccccc1. The molecular formula is C21H20BrFN2. The van der Waals surface area contributed by atoms with Crippen molar-refractivity contribution in [2.75, 3.05) is 6.54 Å². The summed E-state index contributed by atoms with van der Waals surface area (Å²) in [6, 6.07) is 15.4. The largest absolute Gasteiger partial charge is 0.325 e. The van der Waals surface area contributed by atoms with Gasteiger partial charge in [-0.1, -0.05) is 49.0 Å². The summed E-state index contributed by atoms with van der Waals surface area (Å²) < 4.78 is 15.0. The zero-order valence-corrected chi connectivity index (χ0v) is 16.0. The van der Waals surface area contributed by atoms with Gasteiger partial charge >= 0.3 is 0 Å². The zero-order chi connectivity index (χ0) is 18.0. The molecule has 2 nitrogen and oxygen atoms in total. The summed E-state index contributed by atoms with van der Waals surface area (Å²) in [5.41, 5.74) is 4.34. The lowest BCUT2D eigenvalue weighted by atomic mass is 10.0. The molecule has 0 N–H and O–H groups in total. The van der Waals surface area contributed by atoms with E-state index in [1.54, 1.807) is 13.0 Å². The summed E-state index contributed by atoms with van der Waals surface area (Å²) in [7, 11) is 0. The number of aliphatic imine (C=N–C) groups is 1. The van der Waals surface area contributed by atoms with E-state index in [9.17, 15) is 4.39 Å². The highest BCUT2D eigenvalue weighted by molar-refractivity contribution is 9.12. The van der Waals surface area contributed by atoms with Crippen molar-refractivity contribution in [2.24, 2.45) is 4.99 Å². The van der Waals surface area contributed by atoms with Gasteiger partial charge in [-0.25, -0.2) is 9.38 Å². The van der Waals surface area contributed by atoms with Gasteiger partial charge in [0.2, 0.25) is 0 Å². The average molecular weight is 399 g/mol. The molecule has 0 fully saturated rings. The molecule has 25 heavy (non-hydrogen) atoms. The minimum atomic E-state index is -0.222. The Hall–Kier alpha value is -2.20. The fraction of sp³-hybridized carbons (Fsp3) is 0.190. The number of halogens is 2. The van der Waals surface area contributed by atoms with Gasteiger partial charge in [-0.3, -0.25) is 0 Å². The van der Waals surface area contributed by atoms with Crippen LogP contribution >= 0.6 is 15.9 Å². The number of amidine groups is 1. The molecule has 0 saturated carbocycles. The lowest BCUT2D eigenvalue weighted by Crippen LogP contribution is -2.35. The van der Waals surface area contributed by atoms with Gasteiger partial charge in [0.25, 0.3) is 0 Å². The Bertz CT molecular complexity index is 869. The maximum absolute atomic E-state index is 14.1. The topological polar surface area (TPSA) is 15.6 Å². The van der Waals surface area contributed by atoms with Crippen LogP contribution in [0, 0.1) is 12.7 Å². The maximum Gasteiger partial charge on any atom is 0.141 e. The summed E-state index contributed by atoms with van der Waals surface area (Å²) in [6.45, 7) is 8.65. The molecule has 0 bridgehead atoms. The highest BCUT2D eigenvalue weighted by atomic mass is 79.9. The van der Waals surface area contributed by atoms with Crippen LogP contribution in [0.25, 0.3) is 0 Å². The summed E-state index contributed by atoms with van der Waals surface area (Å²) in [6.07, 6.45) is 0.854. The Balaban J connectivity index is 1.98. The fourth-order valence-corrected chi connectivity index (χ4v) is 3.21. The van der Waals surface area contributed by atoms with E-state index in [0.29, 0.717) is 5.56 Å². The third-order valence-electron chi connectivity index (χ3n) is 4.40. The first kappa shape index (κ1) is 17.6. The van der Waals surface area contributed by atoms with Crippen molar-refractivity contribution in [3.63, 3.8) is 0 Å². The monoisotopic (exact) mass is 398 g/mol. The van der Waals surface area contributed by atoms with E-state index in [1.807, 2.05) is 31.2 Å². The highest BCUT2D eigenvalue weighted by Crippen LogP contribution is 2.32. The lowest BCUT2D eigenvalue weighted by molar-refractivity contribution is 0.522. The first-order valence-electron chi connectivity index (χ1n) is 8.20. The van der Waals surface area contributed by atoms with Crippen molar-refractivity contribution in [1.82, 2.24) is 4.90 Å². The van der Waals surface area contributed by atoms with Crippen molar-refractivity contribution >= 4 is 21.8 Å². The first-order valence-corrected chi connectivity index (χ1v) is 8.99. The van der Waals surface area contributed by atoms with Crippen molar-refractivity contribution in [3.8, 4) is 0 Å². The molecule has 0 radical (unpaired) electrons. The average Bonchev–Trinajstić information content (AvgIpc) is 2.62. The molecule has 0 aromatic heterocycles. The molecule has 4 heteroatoms. The van der Waals surface area contributed by atoms with Gasteiger partial charge in [0.05, 0.1) is 15.9 Å². The molecule has 0 saturated heterocycles. The molecule has 0 amide bonds. The predicted molar refractivity (Wildman–Crippen MR) is 105 cm³/mol. The second-order valence-electron chi connectivity index (χ2n) is 6.08. The van der Waals surface area contributed by atoms with E-state index in [1.165, 1.54) is 11.6 Å². The quantitative estimate of drug-likeness (QED) is 0.656. The van der Waals surface area contributed by atoms with E-state index in [2.05, 4.69) is 39.5 Å². The smallest absolute Gasteiger partial charge is 0.141 e. The molecule has 1 heterocycles. The van der Waals surface area contributed by atoms with Crippen LogP contribution < -0.4 is 0 Å². The Morgan fingerprint density at radius 2 is 1.80 bits per heavy atom. The zero-order valence-electron chi connectivity index (χ0n) is 14.4. The number of nitrogens with zero attached hydrogens (tertiary/aromatic N) is 2. The van der Waals surface area contributed by atoms with Gasteiger partial charge in [0, 0.05) is 12.1 Å². The van der Waals surface area contributed by atoms with Crippen LogP contribution in [-0.2, 0) is 6.42 Å². The second-order valence-corrected chi connectivity index (χ2v) is 6.87. The van der Waals surface area contributed by atoms with E-state index >= 15 is 0 Å². The summed E-state index contributed by atoms with van der Waals surface area (Å²) >= 11 is 3.58. The standard InChI is InChI=1S/C21H20BrFN2/c1-14-18(10-7-11-19(14)23)21-24-15(2)20(22)16(3)25(21)13-12-17-8-5-4-6-9-17/h4-11H,3,12-13H2,1-2H3. The molecule has 3 rings (SSSR count). The highest BCUT2D eigenvalue weighted by Gasteiger charge is 2.25. The van der Waals surface area contributed by atoms with E-state index in [-0.39, 0.29) is 5.82 Å². The predicted octanol–water partition coefficient (Wildman–Crippen LogP) is 5.58. The van der Waals surface area contributed by atoms with Gasteiger partial charge < -0.3 is 4.90 Å². The number of hydrogen-bond donors (Lipinski definition) is 0. The Kier molecular flexibility index (Phi) is 5.19. The number of rotatable bonds is 4. The van der Waals surface area contributed by atoms with Gasteiger partial charge in [-0.2, -0.15) is 0 Å². The van der Waals surface area contributed by atoms with Crippen LogP contribution in [0.2, 0.25) is 0 Å². The van der Waals surface area contributed by atoms with Gasteiger partial charge in [-0.05, 0) is 53.4 Å². The Morgan fingerprint density at radius 1 is 1.08 bits per heavy atom. The Morgan fingerprint density at radius 3 is 2.52 bits per heavy atom. The van der Waals surface area contributed by atoms with Gasteiger partial charge in [-0.15, -0.1) is 0 Å². The number of hydrogen-bond acceptors (Lipinski definition) is 2. The minimum absolute atomic E-state index is 0.222. The van der Waals surface area contributed by atoms with Crippen LogP contribution in [0.15, 0.2) is 76.0 Å². The summed E-state index contributed by atoms with van der Waals surface area (Å²) in [4.78, 5) is 6.79. The molecule has 0 unspecified atom stereocenters. The van der Waals surface area contributed by atoms with Crippen molar-refractivity contribution < 1.29 is 4.39 Å². The fourth-order valence-electron chi connectivity index (χ4n) is 2.91.